The number of anilines is 1. The van der Waals surface area contributed by atoms with Gasteiger partial charge in [-0.25, -0.2) is 0 Å². The van der Waals surface area contributed by atoms with E-state index >= 15 is 0 Å². The van der Waals surface area contributed by atoms with Crippen LogP contribution >= 0.6 is 0 Å². The molecule has 6 heteroatoms. The van der Waals surface area contributed by atoms with Crippen molar-refractivity contribution in [2.75, 3.05) is 5.32 Å². The van der Waals surface area contributed by atoms with Crippen molar-refractivity contribution in [2.24, 2.45) is 7.05 Å². The topological polar surface area (TPSA) is 76.0 Å². The van der Waals surface area contributed by atoms with E-state index in [9.17, 15) is 9.59 Å². The van der Waals surface area contributed by atoms with Gasteiger partial charge in [0, 0.05) is 31.0 Å². The fourth-order valence-corrected chi connectivity index (χ4v) is 2.26. The van der Waals surface area contributed by atoms with Gasteiger partial charge in [0.1, 0.15) is 0 Å². The van der Waals surface area contributed by atoms with E-state index in [1.165, 1.54) is 0 Å². The number of carbonyl (C=O) groups is 2. The number of hydrogen-bond acceptors (Lipinski definition) is 3. The van der Waals surface area contributed by atoms with Crippen LogP contribution in [-0.4, -0.2) is 21.6 Å². The molecule has 6 nitrogen and oxygen atoms in total. The van der Waals surface area contributed by atoms with Crippen molar-refractivity contribution in [3.63, 3.8) is 0 Å². The van der Waals surface area contributed by atoms with Crippen molar-refractivity contribution >= 4 is 17.5 Å². The lowest BCUT2D eigenvalue weighted by Crippen LogP contribution is -2.14. The highest BCUT2D eigenvalue weighted by atomic mass is 16.2. The molecule has 102 valence electrons. The molecule has 0 unspecified atom stereocenters. The number of aromatic nitrogens is 2. The highest BCUT2D eigenvalue weighted by Gasteiger charge is 2.18. The SMILES string of the molecule is Cn1cc(CC(=O)Nc2ccc3c(c2)CNC3=O)cn1. The summed E-state index contributed by atoms with van der Waals surface area (Å²) < 4.78 is 1.66. The van der Waals surface area contributed by atoms with E-state index in [1.807, 2.05) is 19.3 Å². The molecule has 3 rings (SSSR count). The summed E-state index contributed by atoms with van der Waals surface area (Å²) in [5.74, 6) is -0.163. The van der Waals surface area contributed by atoms with E-state index in [4.69, 9.17) is 0 Å². The summed E-state index contributed by atoms with van der Waals surface area (Å²) >= 11 is 0. The molecule has 1 aliphatic rings. The van der Waals surface area contributed by atoms with Crippen molar-refractivity contribution in [2.45, 2.75) is 13.0 Å². The third kappa shape index (κ3) is 2.40. The van der Waals surface area contributed by atoms with Crippen LogP contribution in [0.1, 0.15) is 21.5 Å². The molecular formula is C14H14N4O2. The van der Waals surface area contributed by atoms with Crippen molar-refractivity contribution in [1.82, 2.24) is 15.1 Å². The van der Waals surface area contributed by atoms with Gasteiger partial charge in [0.25, 0.3) is 5.91 Å². The fourth-order valence-electron chi connectivity index (χ4n) is 2.26. The zero-order valence-corrected chi connectivity index (χ0v) is 11.0. The first-order valence-electron chi connectivity index (χ1n) is 6.30. The zero-order chi connectivity index (χ0) is 14.1. The van der Waals surface area contributed by atoms with Gasteiger partial charge in [0.2, 0.25) is 5.91 Å². The second-order valence-corrected chi connectivity index (χ2v) is 4.80. The molecule has 1 aromatic carbocycles. The number of nitrogens with zero attached hydrogens (tertiary/aromatic N) is 2. The molecule has 0 saturated heterocycles. The summed E-state index contributed by atoms with van der Waals surface area (Å²) in [6.45, 7) is 0.514. The van der Waals surface area contributed by atoms with E-state index in [1.54, 1.807) is 23.0 Å². The second-order valence-electron chi connectivity index (χ2n) is 4.80. The van der Waals surface area contributed by atoms with Gasteiger partial charge >= 0.3 is 0 Å². The Bertz CT molecular complexity index is 690. The summed E-state index contributed by atoms with van der Waals surface area (Å²) in [4.78, 5) is 23.4. The highest BCUT2D eigenvalue weighted by molar-refractivity contribution is 5.99. The molecule has 0 bridgehead atoms. The number of benzene rings is 1. The molecule has 0 atom stereocenters. The minimum Gasteiger partial charge on any atom is -0.348 e. The number of fused-ring (bicyclic) bond motifs is 1. The van der Waals surface area contributed by atoms with Gasteiger partial charge in [-0.3, -0.25) is 14.3 Å². The van der Waals surface area contributed by atoms with Gasteiger partial charge in [-0.1, -0.05) is 0 Å². The summed E-state index contributed by atoms with van der Waals surface area (Å²) in [6, 6.07) is 5.30. The summed E-state index contributed by atoms with van der Waals surface area (Å²) in [7, 11) is 1.81. The van der Waals surface area contributed by atoms with Gasteiger partial charge in [-0.2, -0.15) is 5.10 Å². The number of carbonyl (C=O) groups excluding carboxylic acids is 2. The van der Waals surface area contributed by atoms with Crippen LogP contribution in [0.15, 0.2) is 30.6 Å². The first kappa shape index (κ1) is 12.4. The molecule has 0 aliphatic carbocycles. The number of hydrogen-bond donors (Lipinski definition) is 2. The first-order valence-corrected chi connectivity index (χ1v) is 6.30. The van der Waals surface area contributed by atoms with Crippen LogP contribution in [0.25, 0.3) is 0 Å². The van der Waals surface area contributed by atoms with Gasteiger partial charge in [0.05, 0.1) is 12.6 Å². The Hall–Kier alpha value is -2.63. The normalized spacial score (nSPS) is 12.9. The molecule has 0 radical (unpaired) electrons. The Balaban J connectivity index is 1.69. The van der Waals surface area contributed by atoms with Crippen LogP contribution < -0.4 is 10.6 Å². The largest absolute Gasteiger partial charge is 0.348 e. The Morgan fingerprint density at radius 2 is 2.35 bits per heavy atom. The lowest BCUT2D eigenvalue weighted by Gasteiger charge is -2.05. The van der Waals surface area contributed by atoms with E-state index in [2.05, 4.69) is 15.7 Å². The van der Waals surface area contributed by atoms with Gasteiger partial charge < -0.3 is 10.6 Å². The van der Waals surface area contributed by atoms with E-state index in [-0.39, 0.29) is 18.2 Å². The molecular weight excluding hydrogens is 256 g/mol. The zero-order valence-electron chi connectivity index (χ0n) is 11.0. The quantitative estimate of drug-likeness (QED) is 0.868. The van der Waals surface area contributed by atoms with Crippen molar-refractivity contribution in [1.29, 1.82) is 0 Å². The Morgan fingerprint density at radius 1 is 1.50 bits per heavy atom. The van der Waals surface area contributed by atoms with Crippen LogP contribution in [0.3, 0.4) is 0 Å². The molecule has 2 amide bonds. The first-order chi connectivity index (χ1) is 9.61. The van der Waals surface area contributed by atoms with Gasteiger partial charge in [-0.15, -0.1) is 0 Å². The molecule has 1 aliphatic heterocycles. The lowest BCUT2D eigenvalue weighted by molar-refractivity contribution is -0.115. The average Bonchev–Trinajstić information content (AvgIpc) is 2.96. The van der Waals surface area contributed by atoms with Crippen molar-refractivity contribution < 1.29 is 9.59 Å². The van der Waals surface area contributed by atoms with Crippen LogP contribution in [0.5, 0.6) is 0 Å². The number of amides is 2. The molecule has 0 fully saturated rings. The van der Waals surface area contributed by atoms with Crippen LogP contribution in [0.4, 0.5) is 5.69 Å². The molecule has 2 aromatic rings. The fraction of sp³-hybridized carbons (Fsp3) is 0.214. The molecule has 1 aromatic heterocycles. The summed E-state index contributed by atoms with van der Waals surface area (Å²) in [6.07, 6.45) is 3.76. The van der Waals surface area contributed by atoms with E-state index in [0.717, 1.165) is 11.1 Å². The van der Waals surface area contributed by atoms with Crippen LogP contribution in [0, 0.1) is 0 Å². The third-order valence-electron chi connectivity index (χ3n) is 3.20. The minimum atomic E-state index is -0.102. The molecule has 2 heterocycles. The second kappa shape index (κ2) is 4.80. The van der Waals surface area contributed by atoms with Gasteiger partial charge in [-0.05, 0) is 29.3 Å². The molecule has 20 heavy (non-hydrogen) atoms. The van der Waals surface area contributed by atoms with E-state index in [0.29, 0.717) is 17.8 Å². The van der Waals surface area contributed by atoms with Crippen LogP contribution in [-0.2, 0) is 24.8 Å². The predicted molar refractivity (Wildman–Crippen MR) is 73.2 cm³/mol. The predicted octanol–water partition coefficient (Wildman–Crippen LogP) is 0.845. The monoisotopic (exact) mass is 270 g/mol. The maximum atomic E-state index is 11.9. The smallest absolute Gasteiger partial charge is 0.251 e. The van der Waals surface area contributed by atoms with Crippen molar-refractivity contribution in [3.8, 4) is 0 Å². The maximum Gasteiger partial charge on any atom is 0.251 e. The molecule has 0 spiro atoms. The number of aryl methyl sites for hydroxylation is 1. The maximum absolute atomic E-state index is 11.9. The molecule has 0 saturated carbocycles. The minimum absolute atomic E-state index is 0.0618. The van der Waals surface area contributed by atoms with E-state index < -0.39 is 0 Å². The lowest BCUT2D eigenvalue weighted by atomic mass is 10.1. The molecule has 2 N–H and O–H groups in total. The number of rotatable bonds is 3. The summed E-state index contributed by atoms with van der Waals surface area (Å²) in [5.41, 5.74) is 3.15. The van der Waals surface area contributed by atoms with Crippen LogP contribution in [0.2, 0.25) is 0 Å². The number of nitrogens with one attached hydrogen (secondary N) is 2. The van der Waals surface area contributed by atoms with Gasteiger partial charge in [0.15, 0.2) is 0 Å². The standard InChI is InChI=1S/C14H14N4O2/c1-18-8-9(6-16-18)4-13(19)17-11-2-3-12-10(5-11)7-15-14(12)20/h2-3,5-6,8H,4,7H2,1H3,(H,15,20)(H,17,19). The highest BCUT2D eigenvalue weighted by Crippen LogP contribution is 2.20. The Morgan fingerprint density at radius 3 is 3.10 bits per heavy atom. The van der Waals surface area contributed by atoms with Crippen molar-refractivity contribution in [3.05, 3.63) is 47.3 Å². The average molecular weight is 270 g/mol. The third-order valence-corrected chi connectivity index (χ3v) is 3.20. The summed E-state index contributed by atoms with van der Waals surface area (Å²) in [5, 5.41) is 9.60. The Kier molecular flexibility index (Phi) is 2.98. The Labute approximate surface area is 115 Å².